The summed E-state index contributed by atoms with van der Waals surface area (Å²) in [7, 11) is 0. The van der Waals surface area contributed by atoms with Crippen LogP contribution in [0.15, 0.2) is 139 Å². The number of ether oxygens (including phenoxy) is 3. The van der Waals surface area contributed by atoms with Crippen LogP contribution in [0.1, 0.15) is 54.0 Å². The van der Waals surface area contributed by atoms with Crippen LogP contribution in [-0.4, -0.2) is 54.1 Å². The standard InChI is InChI=1S/C48H52N3O3/c1-34-13-7-10-16-43(34)46-22-19-37(28-49(46)4)31-52-40-25-41(53-32-38-20-23-47(50(5)29-38)44-17-11-8-14-35(44)2)27-42(26-40)54-33-39-21-24-48(51(6)30-39)45-18-12-9-15-36(45)3/h7-24,28-30,34,40-42H,4-6,25-27,31-33H2,1-3H3/q+1/t34?,40?,41-,42+. The first kappa shape index (κ1) is 37.1. The molecule has 3 aromatic rings. The maximum atomic E-state index is 6.62. The molecule has 0 radical (unpaired) electrons. The molecule has 0 spiro atoms. The van der Waals surface area contributed by atoms with E-state index in [1.807, 2.05) is 13.4 Å². The van der Waals surface area contributed by atoms with Crippen LogP contribution in [-0.2, 0) is 20.8 Å². The lowest BCUT2D eigenvalue weighted by Gasteiger charge is -2.35. The first-order valence-electron chi connectivity index (χ1n) is 19.0. The maximum absolute atomic E-state index is 6.62. The Morgan fingerprint density at radius 3 is 1.65 bits per heavy atom. The fraction of sp³-hybridized carbons (Fsp3) is 0.271. The van der Waals surface area contributed by atoms with Crippen LogP contribution >= 0.6 is 0 Å². The van der Waals surface area contributed by atoms with E-state index in [0.29, 0.717) is 25.7 Å². The van der Waals surface area contributed by atoms with Crippen molar-refractivity contribution in [2.24, 2.45) is 5.92 Å². The number of hydrogen-bond donors (Lipinski definition) is 0. The number of rotatable bonds is 11. The van der Waals surface area contributed by atoms with E-state index >= 15 is 0 Å². The van der Waals surface area contributed by atoms with Gasteiger partial charge in [-0.25, -0.2) is 0 Å². The zero-order valence-electron chi connectivity index (χ0n) is 31.9. The molecule has 1 aromatic heterocycles. The van der Waals surface area contributed by atoms with Gasteiger partial charge in [0.15, 0.2) is 6.20 Å². The van der Waals surface area contributed by atoms with Crippen LogP contribution < -0.4 is 9.59 Å². The third kappa shape index (κ3) is 8.74. The second-order valence-electron chi connectivity index (χ2n) is 14.8. The molecular weight excluding hydrogens is 667 g/mol. The quantitative estimate of drug-likeness (QED) is 0.153. The molecule has 1 fully saturated rings. The molecule has 6 nitrogen and oxygen atoms in total. The van der Waals surface area contributed by atoms with Crippen molar-refractivity contribution in [1.82, 2.24) is 0 Å². The van der Waals surface area contributed by atoms with Gasteiger partial charge in [-0.2, -0.15) is 4.24 Å². The third-order valence-corrected chi connectivity index (χ3v) is 10.7. The van der Waals surface area contributed by atoms with Crippen LogP contribution in [0.2, 0.25) is 0 Å². The minimum atomic E-state index is -0.0199. The Balaban J connectivity index is 1.01. The largest absolute Gasteiger partial charge is 0.374 e. The molecule has 2 aliphatic carbocycles. The predicted octanol–water partition coefficient (Wildman–Crippen LogP) is 7.48. The Hall–Kier alpha value is -5.27. The van der Waals surface area contributed by atoms with Gasteiger partial charge in [-0.05, 0) is 59.8 Å². The summed E-state index contributed by atoms with van der Waals surface area (Å²) in [5.41, 5.74) is 9.29. The van der Waals surface area contributed by atoms with Gasteiger partial charge < -0.3 is 14.2 Å². The summed E-state index contributed by atoms with van der Waals surface area (Å²) in [5, 5.41) is 1.11. The fourth-order valence-corrected chi connectivity index (χ4v) is 7.69. The second kappa shape index (κ2) is 16.8. The normalized spacial score (nSPS) is 23.5. The highest BCUT2D eigenvalue weighted by Gasteiger charge is 2.32. The van der Waals surface area contributed by atoms with E-state index in [9.17, 15) is 0 Å². The molecule has 0 saturated heterocycles. The molecular formula is C48H52N3O3+. The maximum Gasteiger partial charge on any atom is 0.213 e. The van der Waals surface area contributed by atoms with Gasteiger partial charge in [-0.15, -0.1) is 12.1 Å². The Labute approximate surface area is 320 Å². The number of hydrogen-bond acceptors (Lipinski definition) is 3. The molecule has 1 saturated carbocycles. The van der Waals surface area contributed by atoms with Crippen molar-refractivity contribution in [3.63, 3.8) is 0 Å². The van der Waals surface area contributed by atoms with Crippen molar-refractivity contribution in [3.8, 4) is 0 Å². The van der Waals surface area contributed by atoms with Gasteiger partial charge in [0, 0.05) is 23.1 Å². The molecule has 7 rings (SSSR count). The Kier molecular flexibility index (Phi) is 11.5. The van der Waals surface area contributed by atoms with Crippen molar-refractivity contribution in [3.05, 3.63) is 191 Å². The van der Waals surface area contributed by atoms with E-state index in [1.165, 1.54) is 27.8 Å². The van der Waals surface area contributed by atoms with Crippen LogP contribution in [0, 0.1) is 38.6 Å². The molecule has 4 aliphatic rings. The van der Waals surface area contributed by atoms with Crippen molar-refractivity contribution in [1.29, 1.82) is 0 Å². The monoisotopic (exact) mass is 718 g/mol. The highest BCUT2D eigenvalue weighted by molar-refractivity contribution is 5.61. The zero-order valence-corrected chi connectivity index (χ0v) is 31.9. The number of nitrogens with zero attached hydrogens (tertiary/aromatic N) is 3. The van der Waals surface area contributed by atoms with Gasteiger partial charge in [0.1, 0.15) is 31.2 Å². The highest BCUT2D eigenvalue weighted by atomic mass is 16.5. The molecule has 0 amide bonds. The first-order valence-corrected chi connectivity index (χ1v) is 19.0. The Bertz CT molecular complexity index is 2100. The van der Waals surface area contributed by atoms with Crippen LogP contribution in [0.25, 0.3) is 5.57 Å². The van der Waals surface area contributed by atoms with Gasteiger partial charge in [0.2, 0.25) is 5.35 Å². The fourth-order valence-electron chi connectivity index (χ4n) is 7.69. The number of pyridine rings is 1. The van der Waals surface area contributed by atoms with Crippen molar-refractivity contribution in [2.75, 3.05) is 13.2 Å². The molecule has 2 aromatic carbocycles. The van der Waals surface area contributed by atoms with Crippen LogP contribution in [0.3, 0.4) is 0 Å². The van der Waals surface area contributed by atoms with Gasteiger partial charge >= 0.3 is 0 Å². The number of benzene rings is 2. The molecule has 4 atom stereocenters. The van der Waals surface area contributed by atoms with Crippen LogP contribution in [0.5, 0.6) is 0 Å². The lowest BCUT2D eigenvalue weighted by Crippen LogP contribution is -2.39. The topological polar surface area (TPSA) is 39.6 Å². The number of allylic oxidation sites excluding steroid dienone is 4. The van der Waals surface area contributed by atoms with E-state index in [-0.39, 0.29) is 18.3 Å². The first-order chi connectivity index (χ1) is 26.2. The molecule has 0 bridgehead atoms. The summed E-state index contributed by atoms with van der Waals surface area (Å²) in [6.45, 7) is 20.8. The highest BCUT2D eigenvalue weighted by Crippen LogP contribution is 2.31. The molecule has 2 unspecified atom stereocenters. The van der Waals surface area contributed by atoms with Gasteiger partial charge in [-0.1, -0.05) is 105 Å². The van der Waals surface area contributed by atoms with E-state index in [4.69, 9.17) is 14.2 Å². The SMILES string of the molecule is C=[N+]1C=C(CO[C@@H]2CC(OCc3ccc(=C4C=CC=CC4C)[n+](=C)c3)C[C@H](OCC3=C[N+](=C)[C-](c4ccccc4C)C=C3)C2)C=C[C-]1c1ccccc1C. The summed E-state index contributed by atoms with van der Waals surface area (Å²) < 4.78 is 25.7. The smallest absolute Gasteiger partial charge is 0.213 e. The van der Waals surface area contributed by atoms with Gasteiger partial charge in [0.25, 0.3) is 0 Å². The average molecular weight is 719 g/mol. The second-order valence-corrected chi connectivity index (χ2v) is 14.8. The molecule has 276 valence electrons. The average Bonchev–Trinajstić information content (AvgIpc) is 3.17. The number of aromatic nitrogens is 1. The summed E-state index contributed by atoms with van der Waals surface area (Å²) >= 11 is 0. The summed E-state index contributed by atoms with van der Waals surface area (Å²) in [4.78, 5) is 0. The summed E-state index contributed by atoms with van der Waals surface area (Å²) in [6, 6.07) is 23.2. The van der Waals surface area contributed by atoms with E-state index in [1.54, 1.807) is 0 Å². The van der Waals surface area contributed by atoms with E-state index < -0.39 is 0 Å². The summed E-state index contributed by atoms with van der Waals surface area (Å²) in [6.07, 6.45) is 25.6. The molecule has 2 aliphatic heterocycles. The van der Waals surface area contributed by atoms with Crippen molar-refractivity contribution < 1.29 is 27.6 Å². The third-order valence-electron chi connectivity index (χ3n) is 10.7. The molecule has 0 N–H and O–H groups in total. The zero-order chi connectivity index (χ0) is 37.6. The van der Waals surface area contributed by atoms with Gasteiger partial charge in [0.05, 0.1) is 51.6 Å². The molecule has 54 heavy (non-hydrogen) atoms. The van der Waals surface area contributed by atoms with Gasteiger partial charge in [-0.3, -0.25) is 9.15 Å². The van der Waals surface area contributed by atoms with E-state index in [0.717, 1.165) is 53.4 Å². The lowest BCUT2D eigenvalue weighted by atomic mass is 9.91. The predicted molar refractivity (Wildman–Crippen MR) is 216 cm³/mol. The number of aryl methyl sites for hydroxylation is 2. The minimum absolute atomic E-state index is 0.0186. The molecule has 3 heterocycles. The summed E-state index contributed by atoms with van der Waals surface area (Å²) in [5.74, 6) is 0.343. The molecule has 6 heteroatoms. The lowest BCUT2D eigenvalue weighted by molar-refractivity contribution is -0.515. The Morgan fingerprint density at radius 1 is 0.648 bits per heavy atom. The van der Waals surface area contributed by atoms with E-state index in [2.05, 4.69) is 169 Å². The van der Waals surface area contributed by atoms with Crippen molar-refractivity contribution in [2.45, 2.75) is 65.0 Å². The minimum Gasteiger partial charge on any atom is -0.374 e. The van der Waals surface area contributed by atoms with Crippen molar-refractivity contribution >= 4 is 19.0 Å². The van der Waals surface area contributed by atoms with Crippen LogP contribution in [0.4, 0.5) is 0 Å². The Morgan fingerprint density at radius 2 is 1.17 bits per heavy atom.